The maximum atomic E-state index is 11.3. The molecule has 3 aromatic carbocycles. The monoisotopic (exact) mass is 319 g/mol. The van der Waals surface area contributed by atoms with Gasteiger partial charge in [0.25, 0.3) is 10.1 Å². The standard InChI is InChI=1S/C14H9NO6S/c16-13-7-3-1-2-4-8(7)14(17)11-9(13)5-6-10(12(11)15-18)22(19,20)21/h1-6,16-17H,(H,19,20,21). The smallest absolute Gasteiger partial charge is 0.296 e. The molecule has 0 aromatic heterocycles. The van der Waals surface area contributed by atoms with E-state index in [4.69, 9.17) is 4.55 Å². The van der Waals surface area contributed by atoms with E-state index < -0.39 is 26.5 Å². The lowest BCUT2D eigenvalue weighted by Crippen LogP contribution is -1.99. The Bertz CT molecular complexity index is 1040. The minimum Gasteiger partial charge on any atom is -0.507 e. The molecule has 0 saturated heterocycles. The quantitative estimate of drug-likeness (QED) is 0.288. The summed E-state index contributed by atoms with van der Waals surface area (Å²) in [5, 5.41) is 23.6. The van der Waals surface area contributed by atoms with Crippen LogP contribution in [-0.2, 0) is 10.1 Å². The number of phenols is 2. The van der Waals surface area contributed by atoms with E-state index in [0.29, 0.717) is 5.39 Å². The molecular formula is C14H9NO6S. The van der Waals surface area contributed by atoms with E-state index in [1.807, 2.05) is 0 Å². The third kappa shape index (κ3) is 1.89. The number of hydrogen-bond donors (Lipinski definition) is 3. The third-order valence-corrected chi connectivity index (χ3v) is 4.32. The maximum Gasteiger partial charge on any atom is 0.296 e. The van der Waals surface area contributed by atoms with Crippen LogP contribution in [0, 0.1) is 4.91 Å². The Hall–Kier alpha value is -2.71. The summed E-state index contributed by atoms with van der Waals surface area (Å²) >= 11 is 0. The average Bonchev–Trinajstić information content (AvgIpc) is 2.50. The van der Waals surface area contributed by atoms with Crippen LogP contribution < -0.4 is 0 Å². The molecule has 0 radical (unpaired) electrons. The fourth-order valence-electron chi connectivity index (χ4n) is 2.48. The Morgan fingerprint density at radius 1 is 0.864 bits per heavy atom. The van der Waals surface area contributed by atoms with Crippen molar-refractivity contribution in [2.24, 2.45) is 5.18 Å². The Morgan fingerprint density at radius 3 is 2.00 bits per heavy atom. The van der Waals surface area contributed by atoms with E-state index in [9.17, 15) is 23.5 Å². The van der Waals surface area contributed by atoms with Gasteiger partial charge in [-0.1, -0.05) is 24.3 Å². The SMILES string of the molecule is O=Nc1c(S(=O)(=O)O)ccc2c(O)c3ccccc3c(O)c12. The minimum absolute atomic E-state index is 0.0539. The minimum atomic E-state index is -4.71. The largest absolute Gasteiger partial charge is 0.507 e. The fourth-order valence-corrected chi connectivity index (χ4v) is 3.11. The molecule has 22 heavy (non-hydrogen) atoms. The molecule has 0 aliphatic rings. The topological polar surface area (TPSA) is 124 Å². The molecule has 0 bridgehead atoms. The van der Waals surface area contributed by atoms with Crippen molar-refractivity contribution in [3.8, 4) is 11.5 Å². The first kappa shape index (κ1) is 14.2. The Labute approximate surface area is 124 Å². The summed E-state index contributed by atoms with van der Waals surface area (Å²) in [6, 6.07) is 8.46. The molecule has 3 N–H and O–H groups in total. The molecule has 0 saturated carbocycles. The summed E-state index contributed by atoms with van der Waals surface area (Å²) in [6.45, 7) is 0. The van der Waals surface area contributed by atoms with E-state index in [0.717, 1.165) is 6.07 Å². The molecule has 0 spiro atoms. The van der Waals surface area contributed by atoms with E-state index in [-0.39, 0.29) is 21.9 Å². The molecule has 3 aromatic rings. The highest BCUT2D eigenvalue weighted by atomic mass is 32.2. The summed E-state index contributed by atoms with van der Waals surface area (Å²) in [5.74, 6) is -0.626. The molecule has 0 fully saturated rings. The highest BCUT2D eigenvalue weighted by molar-refractivity contribution is 7.86. The number of hydrogen-bond acceptors (Lipinski definition) is 6. The third-order valence-electron chi connectivity index (χ3n) is 3.44. The molecular weight excluding hydrogens is 310 g/mol. The van der Waals surface area contributed by atoms with Crippen molar-refractivity contribution in [3.05, 3.63) is 41.3 Å². The van der Waals surface area contributed by atoms with Crippen molar-refractivity contribution < 1.29 is 23.2 Å². The number of nitroso groups, excluding NO2 is 1. The predicted octanol–water partition coefficient (Wildman–Crippen LogP) is 3.05. The zero-order valence-corrected chi connectivity index (χ0v) is 11.7. The van der Waals surface area contributed by atoms with Crippen molar-refractivity contribution >= 4 is 37.4 Å². The summed E-state index contributed by atoms with van der Waals surface area (Å²) in [5.41, 5.74) is -0.654. The maximum absolute atomic E-state index is 11.3. The Balaban J connectivity index is 2.66. The molecule has 7 nitrogen and oxygen atoms in total. The van der Waals surface area contributed by atoms with Crippen molar-refractivity contribution in [1.29, 1.82) is 0 Å². The second-order valence-corrected chi connectivity index (χ2v) is 6.03. The van der Waals surface area contributed by atoms with Crippen LogP contribution in [0.3, 0.4) is 0 Å². The van der Waals surface area contributed by atoms with Gasteiger partial charge >= 0.3 is 0 Å². The van der Waals surface area contributed by atoms with Crippen LogP contribution >= 0.6 is 0 Å². The van der Waals surface area contributed by atoms with Crippen LogP contribution in [-0.4, -0.2) is 23.2 Å². The normalized spacial score (nSPS) is 11.9. The van der Waals surface area contributed by atoms with Crippen molar-refractivity contribution in [2.45, 2.75) is 4.90 Å². The average molecular weight is 319 g/mol. The first-order chi connectivity index (χ1) is 10.4. The first-order valence-corrected chi connectivity index (χ1v) is 7.50. The molecule has 0 amide bonds. The molecule has 0 heterocycles. The van der Waals surface area contributed by atoms with Crippen LogP contribution in [0.25, 0.3) is 21.5 Å². The summed E-state index contributed by atoms with van der Waals surface area (Å²) in [7, 11) is -4.71. The van der Waals surface area contributed by atoms with Gasteiger partial charge < -0.3 is 10.2 Å². The lowest BCUT2D eigenvalue weighted by molar-refractivity contribution is 0.477. The van der Waals surface area contributed by atoms with Gasteiger partial charge in [0.15, 0.2) is 0 Å². The van der Waals surface area contributed by atoms with Gasteiger partial charge in [0.2, 0.25) is 0 Å². The molecule has 0 atom stereocenters. The van der Waals surface area contributed by atoms with Gasteiger partial charge in [0.05, 0.1) is 5.39 Å². The number of phenolic OH excluding ortho intramolecular Hbond substituents is 2. The van der Waals surface area contributed by atoms with Gasteiger partial charge in [-0.15, -0.1) is 4.91 Å². The molecule has 3 rings (SSSR count). The number of nitrogens with zero attached hydrogens (tertiary/aromatic N) is 1. The van der Waals surface area contributed by atoms with Gasteiger partial charge in [-0.25, -0.2) is 0 Å². The predicted molar refractivity (Wildman–Crippen MR) is 80.1 cm³/mol. The van der Waals surface area contributed by atoms with Crippen LogP contribution in [0.4, 0.5) is 5.69 Å². The Kier molecular flexibility index (Phi) is 3.01. The summed E-state index contributed by atoms with van der Waals surface area (Å²) in [6.07, 6.45) is 0. The highest BCUT2D eigenvalue weighted by Gasteiger charge is 2.24. The van der Waals surface area contributed by atoms with Crippen LogP contribution in [0.1, 0.15) is 0 Å². The summed E-state index contributed by atoms with van der Waals surface area (Å²) in [4.78, 5) is 10.3. The lowest BCUT2D eigenvalue weighted by Gasteiger charge is -2.12. The number of fused-ring (bicyclic) bond motifs is 2. The first-order valence-electron chi connectivity index (χ1n) is 6.06. The highest BCUT2D eigenvalue weighted by Crippen LogP contribution is 2.47. The van der Waals surface area contributed by atoms with Gasteiger partial charge in [0, 0.05) is 16.2 Å². The zero-order chi connectivity index (χ0) is 16.1. The Morgan fingerprint density at radius 2 is 1.45 bits per heavy atom. The molecule has 112 valence electrons. The molecule has 0 aliphatic carbocycles. The van der Waals surface area contributed by atoms with Gasteiger partial charge in [0.1, 0.15) is 22.1 Å². The van der Waals surface area contributed by atoms with Crippen molar-refractivity contribution in [3.63, 3.8) is 0 Å². The summed E-state index contributed by atoms with van der Waals surface area (Å²) < 4.78 is 31.8. The van der Waals surface area contributed by atoms with E-state index in [2.05, 4.69) is 5.18 Å². The van der Waals surface area contributed by atoms with E-state index in [1.54, 1.807) is 18.2 Å². The molecule has 0 aliphatic heterocycles. The lowest BCUT2D eigenvalue weighted by atomic mass is 9.99. The molecule has 8 heteroatoms. The van der Waals surface area contributed by atoms with E-state index in [1.165, 1.54) is 12.1 Å². The van der Waals surface area contributed by atoms with Crippen LogP contribution in [0.2, 0.25) is 0 Å². The van der Waals surface area contributed by atoms with Gasteiger partial charge in [-0.2, -0.15) is 8.42 Å². The van der Waals surface area contributed by atoms with Gasteiger partial charge in [-0.3, -0.25) is 4.55 Å². The van der Waals surface area contributed by atoms with Crippen LogP contribution in [0.15, 0.2) is 46.5 Å². The van der Waals surface area contributed by atoms with Crippen molar-refractivity contribution in [1.82, 2.24) is 0 Å². The number of benzene rings is 3. The second-order valence-electron chi connectivity index (χ2n) is 4.64. The van der Waals surface area contributed by atoms with E-state index >= 15 is 0 Å². The number of rotatable bonds is 2. The molecule has 0 unspecified atom stereocenters. The van der Waals surface area contributed by atoms with Gasteiger partial charge in [-0.05, 0) is 17.3 Å². The second kappa shape index (κ2) is 4.65. The van der Waals surface area contributed by atoms with Crippen LogP contribution in [0.5, 0.6) is 11.5 Å². The fraction of sp³-hybridized carbons (Fsp3) is 0. The van der Waals surface area contributed by atoms with Crippen molar-refractivity contribution in [2.75, 3.05) is 0 Å². The zero-order valence-electron chi connectivity index (χ0n) is 10.9. The number of aromatic hydroxyl groups is 2.